The number of rotatable bonds is 9. The number of carbonyl (C=O) groups excluding carboxylic acids is 2. The van der Waals surface area contributed by atoms with Crippen LogP contribution in [0.5, 0.6) is 0 Å². The number of aliphatic carboxylic acids is 1. The van der Waals surface area contributed by atoms with Crippen molar-refractivity contribution in [1.82, 2.24) is 10.6 Å². The molecule has 0 saturated carbocycles. The van der Waals surface area contributed by atoms with E-state index in [1.54, 1.807) is 6.92 Å². The summed E-state index contributed by atoms with van der Waals surface area (Å²) in [4.78, 5) is 36.2. The second kappa shape index (κ2) is 10.7. The Morgan fingerprint density at radius 1 is 1.00 bits per heavy atom. The van der Waals surface area contributed by atoms with E-state index >= 15 is 0 Å². The molecule has 1 aliphatic rings. The minimum Gasteiger partial charge on any atom is -0.481 e. The average Bonchev–Trinajstić information content (AvgIpc) is 3.08. The molecule has 1 aliphatic carbocycles. The lowest BCUT2D eigenvalue weighted by molar-refractivity contribution is -0.137. The fraction of sp³-hybridized carbons (Fsp3) is 0.423. The molecule has 0 spiro atoms. The Kier molecular flexibility index (Phi) is 7.94. The van der Waals surface area contributed by atoms with E-state index in [4.69, 9.17) is 14.6 Å². The molecule has 0 fully saturated rings. The number of fused-ring (bicyclic) bond motifs is 3. The number of hydrogen-bond acceptors (Lipinski definition) is 5. The fourth-order valence-corrected chi connectivity index (χ4v) is 4.19. The van der Waals surface area contributed by atoms with Gasteiger partial charge in [-0.2, -0.15) is 0 Å². The smallest absolute Gasteiger partial charge is 0.407 e. The average molecular weight is 469 g/mol. The summed E-state index contributed by atoms with van der Waals surface area (Å²) in [6, 6.07) is 15.0. The highest BCUT2D eigenvalue weighted by atomic mass is 16.6. The maximum Gasteiger partial charge on any atom is 0.407 e. The Balaban J connectivity index is 1.68. The maximum absolute atomic E-state index is 12.7. The second-order valence-corrected chi connectivity index (χ2v) is 9.32. The number of carbonyl (C=O) groups is 3. The summed E-state index contributed by atoms with van der Waals surface area (Å²) in [5, 5.41) is 14.0. The molecular formula is C26H32N2O6. The molecule has 3 rings (SSSR count). The number of nitrogens with one attached hydrogen (secondary N) is 2. The number of amides is 2. The van der Waals surface area contributed by atoms with Crippen LogP contribution in [0.2, 0.25) is 0 Å². The molecule has 0 saturated heterocycles. The van der Waals surface area contributed by atoms with Gasteiger partial charge in [-0.25, -0.2) is 4.79 Å². The Hall–Kier alpha value is -3.39. The number of alkyl carbamates (subject to hydrolysis) is 1. The summed E-state index contributed by atoms with van der Waals surface area (Å²) in [7, 11) is 0. The Morgan fingerprint density at radius 2 is 1.56 bits per heavy atom. The summed E-state index contributed by atoms with van der Waals surface area (Å²) in [5.41, 5.74) is 3.86. The van der Waals surface area contributed by atoms with Crippen LogP contribution < -0.4 is 10.6 Å². The van der Waals surface area contributed by atoms with Gasteiger partial charge in [0, 0.05) is 12.5 Å². The number of benzene rings is 2. The molecule has 0 bridgehead atoms. The molecule has 2 aromatic carbocycles. The van der Waals surface area contributed by atoms with Crippen molar-refractivity contribution in [1.29, 1.82) is 0 Å². The van der Waals surface area contributed by atoms with Gasteiger partial charge in [0.05, 0.1) is 18.1 Å². The third-order valence-corrected chi connectivity index (χ3v) is 5.55. The summed E-state index contributed by atoms with van der Waals surface area (Å²) < 4.78 is 11.4. The molecule has 182 valence electrons. The van der Waals surface area contributed by atoms with Crippen molar-refractivity contribution in [3.05, 3.63) is 59.7 Å². The monoisotopic (exact) mass is 468 g/mol. The van der Waals surface area contributed by atoms with Crippen molar-refractivity contribution in [2.75, 3.05) is 13.2 Å². The van der Waals surface area contributed by atoms with Crippen molar-refractivity contribution in [3.8, 4) is 11.1 Å². The molecule has 0 aliphatic heterocycles. The third kappa shape index (κ3) is 6.35. The van der Waals surface area contributed by atoms with Gasteiger partial charge in [-0.1, -0.05) is 48.5 Å². The molecule has 2 amide bonds. The van der Waals surface area contributed by atoms with Gasteiger partial charge in [0.1, 0.15) is 12.6 Å². The Morgan fingerprint density at radius 3 is 2.09 bits per heavy atom. The fourth-order valence-electron chi connectivity index (χ4n) is 4.19. The van der Waals surface area contributed by atoms with E-state index < -0.39 is 35.7 Å². The van der Waals surface area contributed by atoms with Crippen LogP contribution >= 0.6 is 0 Å². The normalized spacial score (nSPS) is 14.5. The van der Waals surface area contributed by atoms with Gasteiger partial charge in [-0.3, -0.25) is 9.59 Å². The molecule has 8 nitrogen and oxygen atoms in total. The van der Waals surface area contributed by atoms with Gasteiger partial charge >= 0.3 is 12.1 Å². The lowest BCUT2D eigenvalue weighted by Gasteiger charge is -2.30. The highest BCUT2D eigenvalue weighted by Gasteiger charge is 2.33. The van der Waals surface area contributed by atoms with Crippen LogP contribution in [0, 0.1) is 0 Å². The number of hydrogen-bond donors (Lipinski definition) is 3. The van der Waals surface area contributed by atoms with Crippen LogP contribution in [0.3, 0.4) is 0 Å². The van der Waals surface area contributed by atoms with Crippen LogP contribution in [0.25, 0.3) is 11.1 Å². The van der Waals surface area contributed by atoms with Crippen LogP contribution in [-0.2, 0) is 19.1 Å². The third-order valence-electron chi connectivity index (χ3n) is 5.55. The zero-order valence-corrected chi connectivity index (χ0v) is 20.0. The minimum absolute atomic E-state index is 0.0563. The van der Waals surface area contributed by atoms with E-state index in [0.29, 0.717) is 0 Å². The molecule has 0 aromatic heterocycles. The first-order chi connectivity index (χ1) is 16.1. The van der Waals surface area contributed by atoms with E-state index in [-0.39, 0.29) is 25.5 Å². The summed E-state index contributed by atoms with van der Waals surface area (Å²) in [5.74, 6) is -1.67. The number of carboxylic acid groups (broad SMARTS) is 1. The van der Waals surface area contributed by atoms with Crippen LogP contribution in [0.15, 0.2) is 48.5 Å². The zero-order chi connectivity index (χ0) is 24.9. The van der Waals surface area contributed by atoms with Gasteiger partial charge in [-0.05, 0) is 49.9 Å². The highest BCUT2D eigenvalue weighted by molar-refractivity contribution is 5.86. The van der Waals surface area contributed by atoms with E-state index in [9.17, 15) is 14.4 Å². The predicted molar refractivity (Wildman–Crippen MR) is 128 cm³/mol. The maximum atomic E-state index is 12.7. The number of carboxylic acids is 1. The Labute approximate surface area is 199 Å². The molecule has 34 heavy (non-hydrogen) atoms. The zero-order valence-electron chi connectivity index (χ0n) is 20.0. The van der Waals surface area contributed by atoms with E-state index in [2.05, 4.69) is 22.8 Å². The Bertz CT molecular complexity index is 1000. The van der Waals surface area contributed by atoms with Crippen molar-refractivity contribution in [3.63, 3.8) is 0 Å². The van der Waals surface area contributed by atoms with Crippen molar-refractivity contribution in [2.24, 2.45) is 0 Å². The van der Waals surface area contributed by atoms with Crippen molar-refractivity contribution >= 4 is 18.0 Å². The lowest BCUT2D eigenvalue weighted by Crippen LogP contribution is -2.54. The van der Waals surface area contributed by atoms with E-state index in [0.717, 1.165) is 22.3 Å². The van der Waals surface area contributed by atoms with Gasteiger partial charge in [0.15, 0.2) is 0 Å². The topological polar surface area (TPSA) is 114 Å². The molecule has 2 aromatic rings. The van der Waals surface area contributed by atoms with Gasteiger partial charge < -0.3 is 25.2 Å². The molecule has 0 radical (unpaired) electrons. The van der Waals surface area contributed by atoms with Crippen LogP contribution in [-0.4, -0.2) is 54.0 Å². The molecule has 2 atom stereocenters. The summed E-state index contributed by atoms with van der Waals surface area (Å²) >= 11 is 0. The van der Waals surface area contributed by atoms with E-state index in [1.165, 1.54) is 0 Å². The van der Waals surface area contributed by atoms with Crippen LogP contribution in [0.4, 0.5) is 4.79 Å². The summed E-state index contributed by atoms with van der Waals surface area (Å²) in [6.45, 7) is 7.26. The first-order valence-corrected chi connectivity index (χ1v) is 11.4. The SMILES string of the molecule is C[C@@H](OC(C)(C)C)[C@H](NC(=O)OCC1c2ccccc2-c2ccccc21)C(=O)NCCC(=O)O. The quantitative estimate of drug-likeness (QED) is 0.517. The van der Waals surface area contributed by atoms with Gasteiger partial charge in [0.25, 0.3) is 0 Å². The molecule has 0 unspecified atom stereocenters. The largest absolute Gasteiger partial charge is 0.481 e. The standard InChI is InChI=1S/C26H32N2O6/c1-16(34-26(2,3)4)23(24(31)27-14-13-22(29)30)28-25(32)33-15-21-19-11-7-5-9-17(19)18-10-6-8-12-20(18)21/h5-12,16,21,23H,13-15H2,1-4H3,(H,27,31)(H,28,32)(H,29,30)/t16-,23+/m1/s1. The van der Waals surface area contributed by atoms with Crippen LogP contribution in [0.1, 0.15) is 51.2 Å². The first-order valence-electron chi connectivity index (χ1n) is 11.4. The van der Waals surface area contributed by atoms with E-state index in [1.807, 2.05) is 57.2 Å². The minimum atomic E-state index is -1.05. The second-order valence-electron chi connectivity index (χ2n) is 9.32. The predicted octanol–water partition coefficient (Wildman–Crippen LogP) is 3.69. The van der Waals surface area contributed by atoms with Gasteiger partial charge in [-0.15, -0.1) is 0 Å². The lowest BCUT2D eigenvalue weighted by atomic mass is 9.98. The highest BCUT2D eigenvalue weighted by Crippen LogP contribution is 2.44. The number of ether oxygens (including phenoxy) is 2. The molecule has 3 N–H and O–H groups in total. The van der Waals surface area contributed by atoms with Crippen molar-refractivity contribution in [2.45, 2.75) is 57.8 Å². The molecule has 8 heteroatoms. The molecule has 0 heterocycles. The first kappa shape index (κ1) is 25.2. The van der Waals surface area contributed by atoms with Crippen molar-refractivity contribution < 1.29 is 29.0 Å². The van der Waals surface area contributed by atoms with Gasteiger partial charge in [0.2, 0.25) is 5.91 Å². The summed E-state index contributed by atoms with van der Waals surface area (Å²) in [6.07, 6.45) is -1.65. The molecular weight excluding hydrogens is 436 g/mol.